The second kappa shape index (κ2) is 13.9. The van der Waals surface area contributed by atoms with Gasteiger partial charge >= 0.3 is 0 Å². The zero-order chi connectivity index (χ0) is 28.7. The molecule has 2 N–H and O–H groups in total. The van der Waals surface area contributed by atoms with Crippen LogP contribution in [0.15, 0.2) is 47.5 Å². The number of hydrogen-bond donors (Lipinski definition) is 2. The summed E-state index contributed by atoms with van der Waals surface area (Å²) in [7, 11) is 1.81. The van der Waals surface area contributed by atoms with Gasteiger partial charge in [-0.25, -0.2) is 23.1 Å². The molecule has 216 valence electrons. The van der Waals surface area contributed by atoms with Gasteiger partial charge in [-0.15, -0.1) is 11.3 Å². The van der Waals surface area contributed by atoms with Crippen LogP contribution in [0.4, 0.5) is 24.7 Å². The lowest BCUT2D eigenvalue weighted by Crippen LogP contribution is -2.32. The quantitative estimate of drug-likeness (QED) is 0.206. The fourth-order valence-corrected chi connectivity index (χ4v) is 7.11. The summed E-state index contributed by atoms with van der Waals surface area (Å²) in [5.41, 5.74) is 0.352. The predicted octanol–water partition coefficient (Wildman–Crippen LogP) is 8.69. The molecular weight excluding hydrogens is 551 g/mol. The van der Waals surface area contributed by atoms with Crippen molar-refractivity contribution in [2.45, 2.75) is 58.0 Å². The molecule has 40 heavy (non-hydrogen) atoms. The molecule has 0 aliphatic carbocycles. The summed E-state index contributed by atoms with van der Waals surface area (Å²) in [5, 5.41) is 4.09. The number of rotatable bonds is 12. The van der Waals surface area contributed by atoms with E-state index in [1.54, 1.807) is 35.7 Å². The molecule has 10 heteroatoms. The van der Waals surface area contributed by atoms with Gasteiger partial charge in [-0.2, -0.15) is 0 Å². The molecule has 0 amide bonds. The standard InChI is InChI=1S/C30H38F3N5S2/c1-5-14-30(3,33)24(10-15-31)40-37-23-9-7-8-22(26(23)32)27-28(21-11-16-35-25(19-21)34-4)39-29(36-27)20-12-17-38(6-2)18-13-20/h7-11,16,19-20,37H,5-6,12-15,17-18H2,1-4H3,(H,34,35). The van der Waals surface area contributed by atoms with E-state index in [0.29, 0.717) is 23.6 Å². The molecule has 0 spiro atoms. The van der Waals surface area contributed by atoms with E-state index >= 15 is 8.78 Å². The van der Waals surface area contributed by atoms with Gasteiger partial charge in [0.1, 0.15) is 18.2 Å². The molecule has 1 unspecified atom stereocenters. The minimum absolute atomic E-state index is 0.196. The smallest absolute Gasteiger partial charge is 0.156 e. The van der Waals surface area contributed by atoms with Gasteiger partial charge < -0.3 is 14.9 Å². The molecular formula is C30H38F3N5S2. The summed E-state index contributed by atoms with van der Waals surface area (Å²) in [6.45, 7) is 7.78. The Hall–Kier alpha value is -2.56. The summed E-state index contributed by atoms with van der Waals surface area (Å²) in [6, 6.07) is 8.95. The average molecular weight is 590 g/mol. The van der Waals surface area contributed by atoms with E-state index in [1.807, 2.05) is 26.1 Å². The van der Waals surface area contributed by atoms with Crippen LogP contribution in [-0.4, -0.2) is 53.9 Å². The molecule has 1 aliphatic heterocycles. The first-order valence-corrected chi connectivity index (χ1v) is 15.5. The fraction of sp³-hybridized carbons (Fsp3) is 0.467. The van der Waals surface area contributed by atoms with Gasteiger partial charge in [0.25, 0.3) is 0 Å². The van der Waals surface area contributed by atoms with Crippen molar-refractivity contribution in [1.82, 2.24) is 14.9 Å². The predicted molar refractivity (Wildman–Crippen MR) is 164 cm³/mol. The Morgan fingerprint density at radius 1 is 1.25 bits per heavy atom. The molecule has 1 fully saturated rings. The van der Waals surface area contributed by atoms with Crippen molar-refractivity contribution in [1.29, 1.82) is 0 Å². The van der Waals surface area contributed by atoms with Gasteiger partial charge in [-0.05, 0) is 93.7 Å². The molecule has 4 rings (SSSR count). The summed E-state index contributed by atoms with van der Waals surface area (Å²) in [6.07, 6.45) is 5.84. The minimum Gasteiger partial charge on any atom is -0.373 e. The highest BCUT2D eigenvalue weighted by molar-refractivity contribution is 8.04. The summed E-state index contributed by atoms with van der Waals surface area (Å²) < 4.78 is 47.4. The van der Waals surface area contributed by atoms with Crippen molar-refractivity contribution < 1.29 is 13.2 Å². The van der Waals surface area contributed by atoms with Crippen molar-refractivity contribution in [3.63, 3.8) is 0 Å². The van der Waals surface area contributed by atoms with Crippen molar-refractivity contribution in [2.75, 3.05) is 43.4 Å². The number of nitrogens with one attached hydrogen (secondary N) is 2. The first-order chi connectivity index (χ1) is 19.3. The van der Waals surface area contributed by atoms with Crippen molar-refractivity contribution in [3.05, 3.63) is 58.3 Å². The average Bonchev–Trinajstić information content (AvgIpc) is 3.41. The van der Waals surface area contributed by atoms with E-state index in [0.717, 1.165) is 65.7 Å². The highest BCUT2D eigenvalue weighted by atomic mass is 32.2. The van der Waals surface area contributed by atoms with Crippen LogP contribution < -0.4 is 10.0 Å². The maximum absolute atomic E-state index is 16.1. The van der Waals surface area contributed by atoms with Crippen LogP contribution in [0.25, 0.3) is 21.7 Å². The van der Waals surface area contributed by atoms with Gasteiger partial charge in [0, 0.05) is 29.6 Å². The number of halogens is 3. The van der Waals surface area contributed by atoms with Crippen molar-refractivity contribution in [2.24, 2.45) is 0 Å². The number of aromatic nitrogens is 2. The van der Waals surface area contributed by atoms with Crippen LogP contribution in [0.3, 0.4) is 0 Å². The normalized spacial score (nSPS) is 16.6. The minimum atomic E-state index is -1.71. The third-order valence-electron chi connectivity index (χ3n) is 7.33. The molecule has 5 nitrogen and oxygen atoms in total. The number of nitrogens with zero attached hydrogens (tertiary/aromatic N) is 3. The number of hydrogen-bond acceptors (Lipinski definition) is 7. The molecule has 3 aromatic rings. The van der Waals surface area contributed by atoms with Crippen LogP contribution in [0.2, 0.25) is 0 Å². The molecule has 2 aromatic heterocycles. The number of alkyl halides is 2. The van der Waals surface area contributed by atoms with Crippen LogP contribution in [0.5, 0.6) is 0 Å². The van der Waals surface area contributed by atoms with E-state index in [-0.39, 0.29) is 17.0 Å². The Kier molecular flexibility index (Phi) is 10.5. The highest BCUT2D eigenvalue weighted by Crippen LogP contribution is 2.44. The van der Waals surface area contributed by atoms with Gasteiger partial charge in [-0.3, -0.25) is 0 Å². The second-order valence-corrected chi connectivity index (χ2v) is 12.0. The van der Waals surface area contributed by atoms with Gasteiger partial charge in [-0.1, -0.05) is 26.3 Å². The van der Waals surface area contributed by atoms with Gasteiger partial charge in [0.15, 0.2) is 5.82 Å². The molecule has 1 atom stereocenters. The summed E-state index contributed by atoms with van der Waals surface area (Å²) in [5.74, 6) is 0.558. The van der Waals surface area contributed by atoms with Crippen LogP contribution >= 0.6 is 23.3 Å². The third-order valence-corrected chi connectivity index (χ3v) is 9.73. The molecule has 0 saturated carbocycles. The van der Waals surface area contributed by atoms with E-state index in [4.69, 9.17) is 4.98 Å². The Balaban J connectivity index is 1.70. The topological polar surface area (TPSA) is 53.1 Å². The zero-order valence-corrected chi connectivity index (χ0v) is 25.2. The third kappa shape index (κ3) is 7.01. The number of anilines is 2. The largest absolute Gasteiger partial charge is 0.373 e. The second-order valence-electron chi connectivity index (χ2n) is 10.2. The number of benzene rings is 1. The molecule has 1 aromatic carbocycles. The monoisotopic (exact) mass is 589 g/mol. The molecule has 1 aliphatic rings. The Bertz CT molecular complexity index is 1300. The molecule has 0 radical (unpaired) electrons. The number of piperidine rings is 1. The van der Waals surface area contributed by atoms with Crippen LogP contribution in [0.1, 0.15) is 57.4 Å². The zero-order valence-electron chi connectivity index (χ0n) is 23.6. The van der Waals surface area contributed by atoms with Crippen molar-refractivity contribution in [3.8, 4) is 21.7 Å². The number of thiazole rings is 1. The first kappa shape index (κ1) is 30.4. The van der Waals surface area contributed by atoms with Crippen LogP contribution in [0, 0.1) is 5.82 Å². The lowest BCUT2D eigenvalue weighted by molar-refractivity contribution is 0.222. The lowest BCUT2D eigenvalue weighted by atomic mass is 9.97. The number of pyridine rings is 1. The van der Waals surface area contributed by atoms with E-state index in [2.05, 4.69) is 26.8 Å². The number of likely N-dealkylation sites (tertiary alicyclic amines) is 1. The summed E-state index contributed by atoms with van der Waals surface area (Å²) >= 11 is 2.53. The summed E-state index contributed by atoms with van der Waals surface area (Å²) in [4.78, 5) is 12.9. The molecule has 1 saturated heterocycles. The lowest BCUT2D eigenvalue weighted by Gasteiger charge is -2.29. The van der Waals surface area contributed by atoms with Crippen molar-refractivity contribution >= 4 is 34.8 Å². The first-order valence-electron chi connectivity index (χ1n) is 13.9. The number of allylic oxidation sites excluding steroid dienone is 2. The Labute approximate surface area is 243 Å². The maximum atomic E-state index is 16.1. The fourth-order valence-electron chi connectivity index (χ4n) is 5.02. The molecule has 0 bridgehead atoms. The van der Waals surface area contributed by atoms with Gasteiger partial charge in [0.05, 0.1) is 21.3 Å². The van der Waals surface area contributed by atoms with Crippen LogP contribution in [-0.2, 0) is 0 Å². The van der Waals surface area contributed by atoms with E-state index < -0.39 is 18.2 Å². The van der Waals surface area contributed by atoms with E-state index in [1.165, 1.54) is 13.0 Å². The molecule has 3 heterocycles. The maximum Gasteiger partial charge on any atom is 0.156 e. The van der Waals surface area contributed by atoms with Gasteiger partial charge in [0.2, 0.25) is 0 Å². The SMILES string of the molecule is CCCC(C)(F)C(=CCF)SNc1cccc(-c2nc(C3CCN(CC)CC3)sc2-c2ccnc(NC)c2)c1F. The van der Waals surface area contributed by atoms with E-state index in [9.17, 15) is 4.39 Å². The highest BCUT2D eigenvalue weighted by Gasteiger charge is 2.29. The Morgan fingerprint density at radius 2 is 2.02 bits per heavy atom. The Morgan fingerprint density at radius 3 is 2.70 bits per heavy atom.